The predicted octanol–water partition coefficient (Wildman–Crippen LogP) is 2.05. The molecule has 0 N–H and O–H groups in total. The van der Waals surface area contributed by atoms with Crippen LogP contribution in [-0.4, -0.2) is 79.8 Å². The van der Waals surface area contributed by atoms with E-state index in [2.05, 4.69) is 21.7 Å². The molecule has 2 saturated heterocycles. The molecule has 0 bridgehead atoms. The van der Waals surface area contributed by atoms with Crippen LogP contribution in [0.25, 0.3) is 0 Å². The van der Waals surface area contributed by atoms with E-state index in [-0.39, 0.29) is 12.7 Å². The summed E-state index contributed by atoms with van der Waals surface area (Å²) in [7, 11) is 2.18. The number of likely N-dealkylation sites (N-methyl/N-ethyl adjacent to an activating group) is 1. The average molecular weight is 359 g/mol. The van der Waals surface area contributed by atoms with Crippen LogP contribution in [-0.2, 0) is 0 Å². The van der Waals surface area contributed by atoms with Gasteiger partial charge in [-0.25, -0.2) is 0 Å². The molecule has 6 nitrogen and oxygen atoms in total. The number of amides is 1. The molecule has 0 unspecified atom stereocenters. The summed E-state index contributed by atoms with van der Waals surface area (Å²) < 4.78 is 10.8. The number of carbonyl (C=O) groups excluding carboxylic acids is 1. The van der Waals surface area contributed by atoms with Gasteiger partial charge >= 0.3 is 0 Å². The fourth-order valence-electron chi connectivity index (χ4n) is 4.17. The Bertz CT molecular complexity index is 643. The minimum Gasteiger partial charge on any atom is -0.454 e. The van der Waals surface area contributed by atoms with Crippen molar-refractivity contribution < 1.29 is 14.3 Å². The molecule has 1 aromatic carbocycles. The Morgan fingerprint density at radius 1 is 1.08 bits per heavy atom. The molecule has 0 radical (unpaired) electrons. The number of benzene rings is 1. The predicted molar refractivity (Wildman–Crippen MR) is 99.8 cm³/mol. The van der Waals surface area contributed by atoms with E-state index < -0.39 is 0 Å². The topological polar surface area (TPSA) is 45.2 Å². The van der Waals surface area contributed by atoms with E-state index in [1.165, 1.54) is 6.42 Å². The van der Waals surface area contributed by atoms with Gasteiger partial charge in [0.25, 0.3) is 5.91 Å². The van der Waals surface area contributed by atoms with Gasteiger partial charge in [-0.15, -0.1) is 0 Å². The maximum absolute atomic E-state index is 13.1. The minimum absolute atomic E-state index is 0.131. The number of ether oxygens (including phenoxy) is 2. The van der Waals surface area contributed by atoms with E-state index in [1.54, 1.807) is 0 Å². The second kappa shape index (κ2) is 7.84. The monoisotopic (exact) mass is 359 g/mol. The first-order chi connectivity index (χ1) is 12.7. The Kier molecular flexibility index (Phi) is 5.31. The zero-order chi connectivity index (χ0) is 17.9. The third-order valence-corrected chi connectivity index (χ3v) is 5.88. The fraction of sp³-hybridized carbons (Fsp3) is 0.650. The maximum Gasteiger partial charge on any atom is 0.254 e. The van der Waals surface area contributed by atoms with Crippen molar-refractivity contribution in [3.63, 3.8) is 0 Å². The highest BCUT2D eigenvalue weighted by molar-refractivity contribution is 5.95. The molecule has 26 heavy (non-hydrogen) atoms. The summed E-state index contributed by atoms with van der Waals surface area (Å²) >= 11 is 0. The van der Waals surface area contributed by atoms with Crippen molar-refractivity contribution in [2.75, 3.05) is 53.1 Å². The Morgan fingerprint density at radius 2 is 1.88 bits per heavy atom. The number of hydrogen-bond donors (Lipinski definition) is 0. The van der Waals surface area contributed by atoms with Gasteiger partial charge < -0.3 is 24.2 Å². The summed E-state index contributed by atoms with van der Waals surface area (Å²) in [6.07, 6.45) is 4.50. The van der Waals surface area contributed by atoms with E-state index >= 15 is 0 Å². The van der Waals surface area contributed by atoms with Crippen LogP contribution in [0.3, 0.4) is 0 Å². The zero-order valence-corrected chi connectivity index (χ0v) is 15.7. The Hall–Kier alpha value is -1.79. The highest BCUT2D eigenvalue weighted by Gasteiger charge is 2.29. The third-order valence-electron chi connectivity index (χ3n) is 5.88. The molecule has 4 rings (SSSR count). The second-order valence-corrected chi connectivity index (χ2v) is 7.65. The number of hydrogen-bond acceptors (Lipinski definition) is 5. The average Bonchev–Trinajstić information content (AvgIpc) is 3.15. The Balaban J connectivity index is 1.39. The summed E-state index contributed by atoms with van der Waals surface area (Å²) in [5.41, 5.74) is 0.709. The molecule has 1 aromatic rings. The van der Waals surface area contributed by atoms with Crippen LogP contribution in [0.5, 0.6) is 11.5 Å². The van der Waals surface area contributed by atoms with Crippen LogP contribution < -0.4 is 9.47 Å². The van der Waals surface area contributed by atoms with Crippen molar-refractivity contribution in [1.29, 1.82) is 0 Å². The largest absolute Gasteiger partial charge is 0.454 e. The third kappa shape index (κ3) is 3.81. The molecule has 3 aliphatic heterocycles. The summed E-state index contributed by atoms with van der Waals surface area (Å²) in [6.45, 7) is 6.75. The molecule has 2 fully saturated rings. The van der Waals surface area contributed by atoms with Crippen molar-refractivity contribution in [3.05, 3.63) is 23.8 Å². The number of fused-ring (bicyclic) bond motifs is 1. The number of piperazine rings is 1. The lowest BCUT2D eigenvalue weighted by molar-refractivity contribution is 0.0569. The molecule has 0 aromatic heterocycles. The summed E-state index contributed by atoms with van der Waals surface area (Å²) in [4.78, 5) is 20.1. The van der Waals surface area contributed by atoms with Gasteiger partial charge in [-0.05, 0) is 50.9 Å². The van der Waals surface area contributed by atoms with E-state index in [4.69, 9.17) is 9.47 Å². The first kappa shape index (κ1) is 17.6. The molecular weight excluding hydrogens is 330 g/mol. The molecule has 0 spiro atoms. The van der Waals surface area contributed by atoms with Crippen molar-refractivity contribution >= 4 is 5.91 Å². The number of piperidine rings is 1. The fourth-order valence-corrected chi connectivity index (χ4v) is 4.17. The van der Waals surface area contributed by atoms with Crippen molar-refractivity contribution in [2.24, 2.45) is 0 Å². The van der Waals surface area contributed by atoms with E-state index in [0.29, 0.717) is 17.4 Å². The first-order valence-electron chi connectivity index (χ1n) is 9.82. The van der Waals surface area contributed by atoms with Crippen LogP contribution in [0.15, 0.2) is 18.2 Å². The molecular formula is C20H29N3O3. The molecule has 0 saturated carbocycles. The van der Waals surface area contributed by atoms with Gasteiger partial charge in [-0.2, -0.15) is 0 Å². The number of nitrogens with zero attached hydrogens (tertiary/aromatic N) is 3. The number of rotatable bonds is 4. The van der Waals surface area contributed by atoms with E-state index in [0.717, 1.165) is 64.3 Å². The van der Waals surface area contributed by atoms with Gasteiger partial charge in [0.05, 0.1) is 0 Å². The quantitative estimate of drug-likeness (QED) is 0.823. The summed E-state index contributed by atoms with van der Waals surface area (Å²) in [5, 5.41) is 0. The van der Waals surface area contributed by atoms with E-state index in [9.17, 15) is 4.79 Å². The lowest BCUT2D eigenvalue weighted by Crippen LogP contribution is -2.48. The van der Waals surface area contributed by atoms with Gasteiger partial charge in [0.15, 0.2) is 11.5 Å². The molecule has 6 heteroatoms. The summed E-state index contributed by atoms with van der Waals surface area (Å²) in [6, 6.07) is 5.89. The first-order valence-corrected chi connectivity index (χ1v) is 9.82. The molecule has 3 aliphatic rings. The molecule has 1 amide bonds. The highest BCUT2D eigenvalue weighted by Crippen LogP contribution is 2.33. The maximum atomic E-state index is 13.1. The van der Waals surface area contributed by atoms with Crippen LogP contribution in [0.1, 0.15) is 36.0 Å². The Morgan fingerprint density at radius 3 is 2.73 bits per heavy atom. The highest BCUT2D eigenvalue weighted by atomic mass is 16.7. The Labute approximate surface area is 155 Å². The van der Waals surface area contributed by atoms with Gasteiger partial charge in [-0.1, -0.05) is 0 Å². The minimum atomic E-state index is 0.131. The molecule has 3 heterocycles. The van der Waals surface area contributed by atoms with Crippen LogP contribution in [0, 0.1) is 0 Å². The van der Waals surface area contributed by atoms with Crippen LogP contribution >= 0.6 is 0 Å². The normalized spacial score (nSPS) is 24.0. The molecule has 1 atom stereocenters. The number of likely N-dealkylation sites (tertiary alicyclic amines) is 1. The second-order valence-electron chi connectivity index (χ2n) is 7.65. The standard InChI is InChI=1S/C20H29N3O3/c1-21-10-12-22(13-11-21)9-7-17-4-2-3-8-23(17)20(24)16-5-6-18-19(14-16)26-15-25-18/h5-6,14,17H,2-4,7-13,15H2,1H3/t17-/m1/s1. The van der Waals surface area contributed by atoms with Gasteiger partial charge in [-0.3, -0.25) is 4.79 Å². The van der Waals surface area contributed by atoms with Crippen LogP contribution in [0.2, 0.25) is 0 Å². The number of carbonyl (C=O) groups is 1. The van der Waals surface area contributed by atoms with Gasteiger partial charge in [0, 0.05) is 50.9 Å². The molecule has 0 aliphatic carbocycles. The van der Waals surface area contributed by atoms with Gasteiger partial charge in [0.1, 0.15) is 0 Å². The molecule has 142 valence electrons. The van der Waals surface area contributed by atoms with Crippen LogP contribution in [0.4, 0.5) is 0 Å². The SMILES string of the molecule is CN1CCN(CC[C@H]2CCCCN2C(=O)c2ccc3c(c2)OCO3)CC1. The summed E-state index contributed by atoms with van der Waals surface area (Å²) in [5.74, 6) is 1.54. The lowest BCUT2D eigenvalue weighted by atomic mass is 9.97. The lowest BCUT2D eigenvalue weighted by Gasteiger charge is -2.38. The van der Waals surface area contributed by atoms with Crippen molar-refractivity contribution in [2.45, 2.75) is 31.7 Å². The van der Waals surface area contributed by atoms with Gasteiger partial charge in [0.2, 0.25) is 6.79 Å². The van der Waals surface area contributed by atoms with Crippen molar-refractivity contribution in [3.8, 4) is 11.5 Å². The van der Waals surface area contributed by atoms with Crippen molar-refractivity contribution in [1.82, 2.24) is 14.7 Å². The zero-order valence-electron chi connectivity index (χ0n) is 15.7. The smallest absolute Gasteiger partial charge is 0.254 e. The van der Waals surface area contributed by atoms with E-state index in [1.807, 2.05) is 18.2 Å².